The zero-order valence-electron chi connectivity index (χ0n) is 14.4. The Morgan fingerprint density at radius 1 is 1.21 bits per heavy atom. The van der Waals surface area contributed by atoms with E-state index in [2.05, 4.69) is 22.7 Å². The van der Waals surface area contributed by atoms with Gasteiger partial charge in [0.1, 0.15) is 5.82 Å². The van der Waals surface area contributed by atoms with Crippen LogP contribution in [0.25, 0.3) is 5.65 Å². The van der Waals surface area contributed by atoms with Crippen molar-refractivity contribution in [1.82, 2.24) is 19.9 Å². The molecule has 2 aromatic rings. The summed E-state index contributed by atoms with van der Waals surface area (Å²) in [6, 6.07) is 2.00. The Morgan fingerprint density at radius 3 is 3.12 bits per heavy atom. The van der Waals surface area contributed by atoms with Crippen LogP contribution >= 0.6 is 0 Å². The normalized spacial score (nSPS) is 29.0. The molecular formula is C18H27N5O. The Balaban J connectivity index is 1.69. The molecule has 3 unspecified atom stereocenters. The lowest BCUT2D eigenvalue weighted by atomic mass is 9.92. The molecule has 4 rings (SSSR count). The summed E-state index contributed by atoms with van der Waals surface area (Å²) in [5, 5.41) is 11.3. The number of anilines is 1. The van der Waals surface area contributed by atoms with Crippen molar-refractivity contribution in [2.24, 2.45) is 5.92 Å². The fourth-order valence-corrected chi connectivity index (χ4v) is 3.98. The first-order valence-electron chi connectivity index (χ1n) is 9.20. The predicted molar refractivity (Wildman–Crippen MR) is 94.5 cm³/mol. The molecule has 1 saturated carbocycles. The van der Waals surface area contributed by atoms with Crippen LogP contribution in [0.4, 0.5) is 5.82 Å². The summed E-state index contributed by atoms with van der Waals surface area (Å²) in [7, 11) is 0. The van der Waals surface area contributed by atoms with Crippen molar-refractivity contribution in [3.05, 3.63) is 24.0 Å². The van der Waals surface area contributed by atoms with Gasteiger partial charge in [-0.2, -0.15) is 5.10 Å². The zero-order chi connectivity index (χ0) is 16.4. The highest BCUT2D eigenvalue weighted by Crippen LogP contribution is 2.36. The molecule has 130 valence electrons. The van der Waals surface area contributed by atoms with Crippen molar-refractivity contribution in [3.63, 3.8) is 0 Å². The summed E-state index contributed by atoms with van der Waals surface area (Å²) in [5.41, 5.74) is 2.26. The van der Waals surface area contributed by atoms with Crippen molar-refractivity contribution >= 4 is 11.5 Å². The predicted octanol–water partition coefficient (Wildman–Crippen LogP) is 2.42. The highest BCUT2D eigenvalue weighted by atomic mass is 16.5. The summed E-state index contributed by atoms with van der Waals surface area (Å²) < 4.78 is 8.10. The minimum atomic E-state index is 0.341. The number of nitrogens with zero attached hydrogens (tertiary/aromatic N) is 3. The average molecular weight is 329 g/mol. The average Bonchev–Trinajstić information content (AvgIpc) is 2.90. The van der Waals surface area contributed by atoms with Gasteiger partial charge in [0.25, 0.3) is 0 Å². The molecule has 0 aromatic carbocycles. The highest BCUT2D eigenvalue weighted by molar-refractivity contribution is 5.53. The molecular weight excluding hydrogens is 302 g/mol. The van der Waals surface area contributed by atoms with E-state index in [1.165, 1.54) is 18.4 Å². The number of hydrogen-bond acceptors (Lipinski definition) is 5. The van der Waals surface area contributed by atoms with Gasteiger partial charge in [-0.15, -0.1) is 0 Å². The maximum atomic E-state index is 6.21. The molecule has 1 aliphatic heterocycles. The minimum Gasteiger partial charge on any atom is -0.377 e. The SMILES string of the molecule is CC1CCC2CC(C1)OCCNCCNc1ccn3ncc2c3n1. The second-order valence-electron chi connectivity index (χ2n) is 7.20. The molecule has 4 bridgehead atoms. The van der Waals surface area contributed by atoms with Gasteiger partial charge in [-0.05, 0) is 37.2 Å². The molecule has 1 aliphatic carbocycles. The fourth-order valence-electron chi connectivity index (χ4n) is 3.98. The van der Waals surface area contributed by atoms with Gasteiger partial charge >= 0.3 is 0 Å². The third-order valence-corrected chi connectivity index (χ3v) is 5.30. The van der Waals surface area contributed by atoms with E-state index in [1.807, 2.05) is 23.0 Å². The van der Waals surface area contributed by atoms with Crippen molar-refractivity contribution in [2.45, 2.75) is 44.6 Å². The van der Waals surface area contributed by atoms with E-state index < -0.39 is 0 Å². The Morgan fingerprint density at radius 2 is 2.17 bits per heavy atom. The summed E-state index contributed by atoms with van der Waals surface area (Å²) in [6.45, 7) is 5.81. The Hall–Kier alpha value is -1.66. The van der Waals surface area contributed by atoms with E-state index in [4.69, 9.17) is 9.72 Å². The monoisotopic (exact) mass is 329 g/mol. The number of rotatable bonds is 0. The van der Waals surface area contributed by atoms with Gasteiger partial charge in [-0.1, -0.05) is 13.3 Å². The van der Waals surface area contributed by atoms with Crippen molar-refractivity contribution in [1.29, 1.82) is 0 Å². The maximum Gasteiger partial charge on any atom is 0.160 e. The Bertz CT molecular complexity index is 685. The first-order valence-corrected chi connectivity index (χ1v) is 9.20. The summed E-state index contributed by atoms with van der Waals surface area (Å²) in [5.74, 6) is 2.13. The number of ether oxygens (including phenoxy) is 1. The molecule has 2 aliphatic rings. The standard InChI is InChI=1S/C18H27N5O/c1-13-2-3-14-11-15(10-13)24-9-7-19-5-6-20-17-4-8-23-18(22-17)16(14)12-21-23/h4,8,12-15,19H,2-3,5-7,9-11H2,1H3,(H,20,22). The van der Waals surface area contributed by atoms with Gasteiger partial charge < -0.3 is 15.4 Å². The number of nitrogens with one attached hydrogen (secondary N) is 2. The Labute approximate surface area is 143 Å². The van der Waals surface area contributed by atoms with Gasteiger partial charge in [-0.25, -0.2) is 9.50 Å². The number of fused-ring (bicyclic) bond motifs is 4. The van der Waals surface area contributed by atoms with Gasteiger partial charge in [0, 0.05) is 31.4 Å². The lowest BCUT2D eigenvalue weighted by Gasteiger charge is -2.21. The lowest BCUT2D eigenvalue weighted by Crippen LogP contribution is -2.28. The van der Waals surface area contributed by atoms with E-state index in [0.29, 0.717) is 12.0 Å². The number of aromatic nitrogens is 3. The first kappa shape index (κ1) is 15.8. The largest absolute Gasteiger partial charge is 0.377 e. The van der Waals surface area contributed by atoms with Crippen LogP contribution in [0.15, 0.2) is 18.5 Å². The van der Waals surface area contributed by atoms with Crippen LogP contribution in [-0.4, -0.2) is 46.9 Å². The summed E-state index contributed by atoms with van der Waals surface area (Å²) >= 11 is 0. The van der Waals surface area contributed by atoms with E-state index >= 15 is 0 Å². The Kier molecular flexibility index (Phi) is 4.67. The molecule has 1 fully saturated rings. The third-order valence-electron chi connectivity index (χ3n) is 5.30. The van der Waals surface area contributed by atoms with Crippen molar-refractivity contribution in [2.75, 3.05) is 31.6 Å². The summed E-state index contributed by atoms with van der Waals surface area (Å²) in [6.07, 6.45) is 9.03. The highest BCUT2D eigenvalue weighted by Gasteiger charge is 2.27. The van der Waals surface area contributed by atoms with Crippen LogP contribution in [0, 0.1) is 5.92 Å². The molecule has 6 nitrogen and oxygen atoms in total. The van der Waals surface area contributed by atoms with E-state index in [1.54, 1.807) is 0 Å². The van der Waals surface area contributed by atoms with Gasteiger partial charge in [-0.3, -0.25) is 0 Å². The molecule has 0 radical (unpaired) electrons. The van der Waals surface area contributed by atoms with Crippen LogP contribution in [-0.2, 0) is 4.74 Å². The van der Waals surface area contributed by atoms with Gasteiger partial charge in [0.05, 0.1) is 18.9 Å². The first-order chi connectivity index (χ1) is 11.8. The van der Waals surface area contributed by atoms with E-state index in [0.717, 1.165) is 56.5 Å². The minimum absolute atomic E-state index is 0.341. The van der Waals surface area contributed by atoms with Crippen molar-refractivity contribution in [3.8, 4) is 0 Å². The second kappa shape index (κ2) is 7.07. The fraction of sp³-hybridized carbons (Fsp3) is 0.667. The molecule has 0 saturated heterocycles. The molecule has 2 N–H and O–H groups in total. The van der Waals surface area contributed by atoms with Crippen LogP contribution in [0.2, 0.25) is 0 Å². The van der Waals surface area contributed by atoms with Gasteiger partial charge in [0.15, 0.2) is 5.65 Å². The molecule has 3 atom stereocenters. The summed E-state index contributed by atoms with van der Waals surface area (Å²) in [4.78, 5) is 4.82. The number of hydrogen-bond donors (Lipinski definition) is 2. The molecule has 24 heavy (non-hydrogen) atoms. The smallest absolute Gasteiger partial charge is 0.160 e. The van der Waals surface area contributed by atoms with Crippen LogP contribution in [0.1, 0.15) is 44.1 Å². The van der Waals surface area contributed by atoms with E-state index in [-0.39, 0.29) is 0 Å². The molecule has 3 heterocycles. The van der Waals surface area contributed by atoms with Crippen LogP contribution < -0.4 is 10.6 Å². The quantitative estimate of drug-likeness (QED) is 0.777. The molecule has 2 aromatic heterocycles. The maximum absolute atomic E-state index is 6.21. The van der Waals surface area contributed by atoms with Crippen LogP contribution in [0.5, 0.6) is 0 Å². The van der Waals surface area contributed by atoms with Gasteiger partial charge in [0.2, 0.25) is 0 Å². The van der Waals surface area contributed by atoms with E-state index in [9.17, 15) is 0 Å². The molecule has 6 heteroatoms. The second-order valence-corrected chi connectivity index (χ2v) is 7.20. The van der Waals surface area contributed by atoms with Crippen molar-refractivity contribution < 1.29 is 4.74 Å². The molecule has 0 spiro atoms. The lowest BCUT2D eigenvalue weighted by molar-refractivity contribution is 0.0358. The third kappa shape index (κ3) is 3.39. The van der Waals surface area contributed by atoms with Crippen LogP contribution in [0.3, 0.4) is 0 Å². The zero-order valence-corrected chi connectivity index (χ0v) is 14.4. The topological polar surface area (TPSA) is 63.5 Å². The molecule has 0 amide bonds.